The zero-order valence-electron chi connectivity index (χ0n) is 21.5. The minimum Gasteiger partial charge on any atom is -0.489 e. The molecule has 6 nitrogen and oxygen atoms in total. The number of rotatable bonds is 5. The Morgan fingerprint density at radius 3 is 2.53 bits per heavy atom. The van der Waals surface area contributed by atoms with Gasteiger partial charge >= 0.3 is 6.09 Å². The normalized spacial score (nSPS) is 22.4. The first-order valence-corrected chi connectivity index (χ1v) is 13.0. The number of carbonyl (C=O) groups excluding carboxylic acids is 1. The zero-order valence-corrected chi connectivity index (χ0v) is 21.5. The second-order valence-corrected chi connectivity index (χ2v) is 11.5. The van der Waals surface area contributed by atoms with E-state index in [-0.39, 0.29) is 17.5 Å². The maximum absolute atomic E-state index is 14.0. The Morgan fingerprint density at radius 2 is 1.83 bits per heavy atom. The predicted molar refractivity (Wildman–Crippen MR) is 136 cm³/mol. The summed E-state index contributed by atoms with van der Waals surface area (Å²) in [4.78, 5) is 16.6. The molecule has 7 heteroatoms. The van der Waals surface area contributed by atoms with Gasteiger partial charge in [-0.25, -0.2) is 9.18 Å². The van der Waals surface area contributed by atoms with E-state index in [1.165, 1.54) is 6.07 Å². The van der Waals surface area contributed by atoms with Gasteiger partial charge in [0.2, 0.25) is 0 Å². The summed E-state index contributed by atoms with van der Waals surface area (Å²) in [5.41, 5.74) is 1.45. The standard InChI is InChI=1S/C29H37FN2O4/c1-28(2,3)36-27(33)32-19-29(20-32)16-24(18-35-29)31-13-11-22(12-14-31)25-10-9-23(30)15-26(25)34-17-21-7-5-4-6-8-21/h4-10,15,22,24H,11-14,16-20H2,1-3H3/t24-/m0/s1. The molecule has 3 aliphatic heterocycles. The number of carbonyl (C=O) groups is 1. The Kier molecular flexibility index (Phi) is 6.97. The van der Waals surface area contributed by atoms with E-state index in [0.717, 1.165) is 43.5 Å². The molecule has 194 valence electrons. The largest absolute Gasteiger partial charge is 0.489 e. The molecule has 1 amide bonds. The summed E-state index contributed by atoms with van der Waals surface area (Å²) in [5, 5.41) is 0. The molecular formula is C29H37FN2O4. The highest BCUT2D eigenvalue weighted by molar-refractivity contribution is 5.69. The van der Waals surface area contributed by atoms with Crippen molar-refractivity contribution in [2.45, 2.75) is 69.8 Å². The molecule has 0 aliphatic carbocycles. The number of benzene rings is 2. The second-order valence-electron chi connectivity index (χ2n) is 11.5. The average Bonchev–Trinajstić information content (AvgIpc) is 3.28. The van der Waals surface area contributed by atoms with E-state index in [9.17, 15) is 9.18 Å². The number of hydrogen-bond donors (Lipinski definition) is 0. The summed E-state index contributed by atoms with van der Waals surface area (Å²) in [5.74, 6) is 0.723. The van der Waals surface area contributed by atoms with Crippen LogP contribution in [-0.4, -0.2) is 65.9 Å². The third-order valence-electron chi connectivity index (χ3n) is 7.50. The van der Waals surface area contributed by atoms with Gasteiger partial charge in [-0.1, -0.05) is 36.4 Å². The van der Waals surface area contributed by atoms with Crippen LogP contribution in [0.25, 0.3) is 0 Å². The van der Waals surface area contributed by atoms with Crippen molar-refractivity contribution in [1.82, 2.24) is 9.80 Å². The summed E-state index contributed by atoms with van der Waals surface area (Å²) >= 11 is 0. The molecule has 36 heavy (non-hydrogen) atoms. The average molecular weight is 497 g/mol. The molecule has 0 aromatic heterocycles. The Balaban J connectivity index is 1.13. The number of halogens is 1. The highest BCUT2D eigenvalue weighted by Gasteiger charge is 2.53. The van der Waals surface area contributed by atoms with Gasteiger partial charge in [0.05, 0.1) is 19.7 Å². The highest BCUT2D eigenvalue weighted by Crippen LogP contribution is 2.40. The Hall–Kier alpha value is -2.64. The van der Waals surface area contributed by atoms with Crippen LogP contribution in [0.4, 0.5) is 9.18 Å². The molecule has 0 saturated carbocycles. The van der Waals surface area contributed by atoms with Gasteiger partial charge < -0.3 is 19.1 Å². The number of piperidine rings is 1. The quantitative estimate of drug-likeness (QED) is 0.558. The van der Waals surface area contributed by atoms with Crippen LogP contribution in [0.2, 0.25) is 0 Å². The van der Waals surface area contributed by atoms with Crippen LogP contribution in [0, 0.1) is 5.82 Å². The van der Waals surface area contributed by atoms with Crippen molar-refractivity contribution in [3.63, 3.8) is 0 Å². The minimum absolute atomic E-state index is 0.228. The molecule has 0 radical (unpaired) electrons. The predicted octanol–water partition coefficient (Wildman–Crippen LogP) is 5.36. The van der Waals surface area contributed by atoms with Gasteiger partial charge in [0.15, 0.2) is 0 Å². The summed E-state index contributed by atoms with van der Waals surface area (Å²) in [7, 11) is 0. The summed E-state index contributed by atoms with van der Waals surface area (Å²) in [6, 6.07) is 15.3. The fourth-order valence-electron chi connectivity index (χ4n) is 5.66. The van der Waals surface area contributed by atoms with Gasteiger partial charge in [-0.2, -0.15) is 0 Å². The van der Waals surface area contributed by atoms with Gasteiger partial charge in [-0.05, 0) is 76.2 Å². The third-order valence-corrected chi connectivity index (χ3v) is 7.50. The molecule has 3 fully saturated rings. The van der Waals surface area contributed by atoms with Gasteiger partial charge in [-0.3, -0.25) is 4.90 Å². The molecule has 0 N–H and O–H groups in total. The number of likely N-dealkylation sites (tertiary alicyclic amines) is 2. The second kappa shape index (κ2) is 10.0. The van der Waals surface area contributed by atoms with E-state index in [1.54, 1.807) is 11.0 Å². The van der Waals surface area contributed by atoms with E-state index in [1.807, 2.05) is 57.2 Å². The van der Waals surface area contributed by atoms with Crippen molar-refractivity contribution in [3.05, 3.63) is 65.5 Å². The SMILES string of the molecule is CC(C)(C)OC(=O)N1CC2(C[C@H](N3CCC(c4ccc(F)cc4OCc4ccccc4)CC3)CO2)C1. The number of ether oxygens (including phenoxy) is 3. The maximum Gasteiger partial charge on any atom is 0.410 e. The fraction of sp³-hybridized carbons (Fsp3) is 0.552. The van der Waals surface area contributed by atoms with E-state index >= 15 is 0 Å². The number of amides is 1. The molecule has 3 heterocycles. The lowest BCUT2D eigenvalue weighted by Gasteiger charge is -2.47. The van der Waals surface area contributed by atoms with Gasteiger partial charge in [-0.15, -0.1) is 0 Å². The van der Waals surface area contributed by atoms with Gasteiger partial charge in [0.1, 0.15) is 29.4 Å². The van der Waals surface area contributed by atoms with Gasteiger partial charge in [0, 0.05) is 12.1 Å². The first-order chi connectivity index (χ1) is 17.2. The Labute approximate surface area is 213 Å². The molecule has 1 spiro atoms. The topological polar surface area (TPSA) is 51.2 Å². The lowest BCUT2D eigenvalue weighted by molar-refractivity contribution is -0.109. The first kappa shape index (κ1) is 25.0. The Bertz CT molecular complexity index is 1060. The van der Waals surface area contributed by atoms with Crippen LogP contribution in [0.15, 0.2) is 48.5 Å². The molecule has 2 aromatic rings. The first-order valence-electron chi connectivity index (χ1n) is 13.0. The number of hydrogen-bond acceptors (Lipinski definition) is 5. The van der Waals surface area contributed by atoms with E-state index in [4.69, 9.17) is 14.2 Å². The summed E-state index contributed by atoms with van der Waals surface area (Å²) in [6.45, 7) is 9.94. The van der Waals surface area contributed by atoms with Crippen LogP contribution in [0.1, 0.15) is 57.1 Å². The molecule has 3 saturated heterocycles. The number of nitrogens with zero attached hydrogens (tertiary/aromatic N) is 2. The minimum atomic E-state index is -0.486. The smallest absolute Gasteiger partial charge is 0.410 e. The molecule has 2 aromatic carbocycles. The molecule has 5 rings (SSSR count). The summed E-state index contributed by atoms with van der Waals surface area (Å²) < 4.78 is 31.8. The summed E-state index contributed by atoms with van der Waals surface area (Å²) in [6.07, 6.45) is 2.69. The fourth-order valence-corrected chi connectivity index (χ4v) is 5.66. The van der Waals surface area contributed by atoms with Crippen molar-refractivity contribution in [3.8, 4) is 5.75 Å². The molecule has 0 unspecified atom stereocenters. The van der Waals surface area contributed by atoms with Crippen molar-refractivity contribution in [1.29, 1.82) is 0 Å². The zero-order chi connectivity index (χ0) is 25.3. The van der Waals surface area contributed by atoms with Crippen LogP contribution < -0.4 is 4.74 Å². The maximum atomic E-state index is 14.0. The lowest BCUT2D eigenvalue weighted by Crippen LogP contribution is -2.64. The van der Waals surface area contributed by atoms with E-state index in [0.29, 0.717) is 44.0 Å². The highest BCUT2D eigenvalue weighted by atomic mass is 19.1. The molecule has 3 aliphatic rings. The van der Waals surface area contributed by atoms with Crippen molar-refractivity contribution in [2.75, 3.05) is 32.8 Å². The van der Waals surface area contributed by atoms with Crippen molar-refractivity contribution >= 4 is 6.09 Å². The monoisotopic (exact) mass is 496 g/mol. The van der Waals surface area contributed by atoms with E-state index < -0.39 is 5.60 Å². The van der Waals surface area contributed by atoms with Crippen molar-refractivity contribution < 1.29 is 23.4 Å². The van der Waals surface area contributed by atoms with E-state index in [2.05, 4.69) is 4.90 Å². The third kappa shape index (κ3) is 5.68. The lowest BCUT2D eigenvalue weighted by atomic mass is 9.86. The van der Waals surface area contributed by atoms with Crippen molar-refractivity contribution in [2.24, 2.45) is 0 Å². The van der Waals surface area contributed by atoms with Crippen LogP contribution in [-0.2, 0) is 16.1 Å². The molecule has 1 atom stereocenters. The Morgan fingerprint density at radius 1 is 1.11 bits per heavy atom. The van der Waals surface area contributed by atoms with Crippen LogP contribution in [0.3, 0.4) is 0 Å². The van der Waals surface area contributed by atoms with Crippen LogP contribution >= 0.6 is 0 Å². The molecule has 0 bridgehead atoms. The molecular weight excluding hydrogens is 459 g/mol. The van der Waals surface area contributed by atoms with Gasteiger partial charge in [0.25, 0.3) is 0 Å². The van der Waals surface area contributed by atoms with Crippen LogP contribution in [0.5, 0.6) is 5.75 Å².